The predicted molar refractivity (Wildman–Crippen MR) is 75.1 cm³/mol. The molecule has 0 fully saturated rings. The minimum Gasteiger partial charge on any atom is -0.332 e. The highest BCUT2D eigenvalue weighted by molar-refractivity contribution is 7.09. The average molecular weight is 287 g/mol. The Morgan fingerprint density at radius 2 is 2.20 bits per heavy atom. The zero-order valence-electron chi connectivity index (χ0n) is 10.9. The van der Waals surface area contributed by atoms with Crippen LogP contribution in [0.3, 0.4) is 0 Å². The zero-order chi connectivity index (χ0) is 13.9. The summed E-state index contributed by atoms with van der Waals surface area (Å²) in [7, 11) is 0. The first-order valence-corrected chi connectivity index (χ1v) is 7.01. The number of rotatable bonds is 4. The molecule has 0 saturated heterocycles. The van der Waals surface area contributed by atoms with Crippen molar-refractivity contribution in [1.82, 2.24) is 20.1 Å². The lowest BCUT2D eigenvalue weighted by atomic mass is 10.2. The van der Waals surface area contributed by atoms with E-state index in [9.17, 15) is 0 Å². The van der Waals surface area contributed by atoms with Gasteiger partial charge in [-0.25, -0.2) is 4.98 Å². The molecule has 0 spiro atoms. The molecule has 0 bridgehead atoms. The van der Waals surface area contributed by atoms with Crippen LogP contribution in [0.2, 0.25) is 0 Å². The summed E-state index contributed by atoms with van der Waals surface area (Å²) in [6.07, 6.45) is 2.28. The van der Waals surface area contributed by atoms with Crippen molar-refractivity contribution in [2.24, 2.45) is 5.73 Å². The van der Waals surface area contributed by atoms with Crippen LogP contribution >= 0.6 is 11.3 Å². The smallest absolute Gasteiger partial charge is 0.276 e. The molecule has 0 atom stereocenters. The summed E-state index contributed by atoms with van der Waals surface area (Å²) < 4.78 is 5.23. The van der Waals surface area contributed by atoms with Crippen LogP contribution in [0, 0.1) is 6.92 Å². The molecule has 0 amide bonds. The predicted octanol–water partition coefficient (Wildman–Crippen LogP) is 1.95. The maximum atomic E-state index is 5.53. The van der Waals surface area contributed by atoms with E-state index in [2.05, 4.69) is 20.1 Å². The van der Waals surface area contributed by atoms with Gasteiger partial charge < -0.3 is 10.3 Å². The van der Waals surface area contributed by atoms with Gasteiger partial charge in [0.25, 0.3) is 5.89 Å². The van der Waals surface area contributed by atoms with Crippen molar-refractivity contribution in [3.63, 3.8) is 0 Å². The zero-order valence-corrected chi connectivity index (χ0v) is 11.7. The first-order chi connectivity index (χ1) is 9.74. The molecule has 3 aromatic rings. The lowest BCUT2D eigenvalue weighted by molar-refractivity contribution is 0.422. The summed E-state index contributed by atoms with van der Waals surface area (Å²) in [6, 6.07) is 3.73. The standard InChI is InChI=1S/C13H13N5OS/c1-8-7-20-12(16-8)4-11-17-13(19-18-11)10-3-2-9(5-14)6-15-10/h2-3,6-7H,4-5,14H2,1H3. The summed E-state index contributed by atoms with van der Waals surface area (Å²) in [5.74, 6) is 1.02. The summed E-state index contributed by atoms with van der Waals surface area (Å²) in [4.78, 5) is 13.0. The molecule has 0 aliphatic heterocycles. The van der Waals surface area contributed by atoms with Gasteiger partial charge in [-0.05, 0) is 18.6 Å². The molecular formula is C13H13N5OS. The van der Waals surface area contributed by atoms with Gasteiger partial charge in [-0.3, -0.25) is 4.98 Å². The highest BCUT2D eigenvalue weighted by Gasteiger charge is 2.11. The fraction of sp³-hybridized carbons (Fsp3) is 0.231. The molecule has 6 nitrogen and oxygen atoms in total. The topological polar surface area (TPSA) is 90.7 Å². The Bertz CT molecular complexity index is 704. The molecule has 0 aliphatic carbocycles. The molecule has 3 rings (SSSR count). The minimum absolute atomic E-state index is 0.414. The molecule has 0 aliphatic rings. The molecule has 0 saturated carbocycles. The minimum atomic E-state index is 0.414. The molecule has 3 aromatic heterocycles. The molecule has 2 N–H and O–H groups in total. The van der Waals surface area contributed by atoms with Crippen molar-refractivity contribution < 1.29 is 4.52 Å². The average Bonchev–Trinajstić information content (AvgIpc) is 3.09. The Labute approximate surface area is 119 Å². The molecule has 0 radical (unpaired) electrons. The number of aryl methyl sites for hydroxylation is 1. The molecule has 102 valence electrons. The summed E-state index contributed by atoms with van der Waals surface area (Å²) >= 11 is 1.59. The molecule has 0 aromatic carbocycles. The quantitative estimate of drug-likeness (QED) is 0.788. The Morgan fingerprint density at radius 3 is 2.85 bits per heavy atom. The van der Waals surface area contributed by atoms with E-state index < -0.39 is 0 Å². The van der Waals surface area contributed by atoms with Crippen molar-refractivity contribution in [2.75, 3.05) is 0 Å². The molecule has 3 heterocycles. The fourth-order valence-corrected chi connectivity index (χ4v) is 2.49. The highest BCUT2D eigenvalue weighted by Crippen LogP contribution is 2.17. The van der Waals surface area contributed by atoms with Gasteiger partial charge in [0.15, 0.2) is 5.82 Å². The third kappa shape index (κ3) is 2.73. The normalized spacial score (nSPS) is 10.9. The largest absolute Gasteiger partial charge is 0.332 e. The van der Waals surface area contributed by atoms with Crippen LogP contribution in [-0.2, 0) is 13.0 Å². The van der Waals surface area contributed by atoms with Crippen molar-refractivity contribution in [1.29, 1.82) is 0 Å². The molecular weight excluding hydrogens is 274 g/mol. The maximum absolute atomic E-state index is 5.53. The van der Waals surface area contributed by atoms with Gasteiger partial charge in [0.05, 0.1) is 6.42 Å². The summed E-state index contributed by atoms with van der Waals surface area (Å²) in [6.45, 7) is 2.43. The third-order valence-electron chi connectivity index (χ3n) is 2.72. The first kappa shape index (κ1) is 12.9. The van der Waals surface area contributed by atoms with Crippen molar-refractivity contribution in [3.8, 4) is 11.6 Å². The lowest BCUT2D eigenvalue weighted by Gasteiger charge is -1.96. The van der Waals surface area contributed by atoms with Crippen LogP contribution in [0.4, 0.5) is 0 Å². The number of nitrogens with two attached hydrogens (primary N) is 1. The van der Waals surface area contributed by atoms with Crippen LogP contribution in [0.5, 0.6) is 0 Å². The second-order valence-corrected chi connectivity index (χ2v) is 5.27. The van der Waals surface area contributed by atoms with Gasteiger partial charge in [-0.1, -0.05) is 11.2 Å². The SMILES string of the molecule is Cc1csc(Cc2noc(-c3ccc(CN)cn3)n2)n1. The van der Waals surface area contributed by atoms with E-state index in [1.54, 1.807) is 17.5 Å². The van der Waals surface area contributed by atoms with Gasteiger partial charge in [0, 0.05) is 23.8 Å². The summed E-state index contributed by atoms with van der Waals surface area (Å²) in [5.41, 5.74) is 8.15. The van der Waals surface area contributed by atoms with Crippen LogP contribution in [-0.4, -0.2) is 20.1 Å². The van der Waals surface area contributed by atoms with Gasteiger partial charge >= 0.3 is 0 Å². The maximum Gasteiger partial charge on any atom is 0.276 e. The Balaban J connectivity index is 1.78. The molecule has 7 heteroatoms. The fourth-order valence-electron chi connectivity index (χ4n) is 1.72. The number of aromatic nitrogens is 4. The van der Waals surface area contributed by atoms with E-state index >= 15 is 0 Å². The van der Waals surface area contributed by atoms with Gasteiger partial charge in [0.1, 0.15) is 10.7 Å². The van der Waals surface area contributed by atoms with Crippen LogP contribution in [0.1, 0.15) is 22.1 Å². The van der Waals surface area contributed by atoms with Crippen molar-refractivity contribution in [2.45, 2.75) is 19.9 Å². The number of hydrogen-bond donors (Lipinski definition) is 1. The van der Waals surface area contributed by atoms with Gasteiger partial charge in [0.2, 0.25) is 0 Å². The van der Waals surface area contributed by atoms with Crippen LogP contribution in [0.25, 0.3) is 11.6 Å². The number of nitrogens with zero attached hydrogens (tertiary/aromatic N) is 4. The van der Waals surface area contributed by atoms with Crippen LogP contribution < -0.4 is 5.73 Å². The number of hydrogen-bond acceptors (Lipinski definition) is 7. The van der Waals surface area contributed by atoms with Crippen molar-refractivity contribution in [3.05, 3.63) is 45.8 Å². The second kappa shape index (κ2) is 5.48. The van der Waals surface area contributed by atoms with E-state index in [0.717, 1.165) is 16.3 Å². The van der Waals surface area contributed by atoms with E-state index in [1.807, 2.05) is 24.4 Å². The molecule has 20 heavy (non-hydrogen) atoms. The van der Waals surface area contributed by atoms with Gasteiger partial charge in [-0.15, -0.1) is 11.3 Å². The second-order valence-electron chi connectivity index (χ2n) is 4.33. The molecule has 0 unspecified atom stereocenters. The summed E-state index contributed by atoms with van der Waals surface area (Å²) in [5, 5.41) is 6.93. The highest BCUT2D eigenvalue weighted by atomic mass is 32.1. The third-order valence-corrected chi connectivity index (χ3v) is 3.69. The Kier molecular flexibility index (Phi) is 3.53. The Morgan fingerprint density at radius 1 is 1.30 bits per heavy atom. The Hall–Kier alpha value is -2.12. The van der Waals surface area contributed by atoms with Gasteiger partial charge in [-0.2, -0.15) is 4.98 Å². The first-order valence-electron chi connectivity index (χ1n) is 6.13. The number of pyridine rings is 1. The monoisotopic (exact) mass is 287 g/mol. The van der Waals surface area contributed by atoms with Crippen LogP contribution in [0.15, 0.2) is 28.2 Å². The van der Waals surface area contributed by atoms with E-state index in [-0.39, 0.29) is 0 Å². The van der Waals surface area contributed by atoms with E-state index in [4.69, 9.17) is 10.3 Å². The number of thiazole rings is 1. The van der Waals surface area contributed by atoms with Crippen molar-refractivity contribution >= 4 is 11.3 Å². The lowest BCUT2D eigenvalue weighted by Crippen LogP contribution is -1.97. The van der Waals surface area contributed by atoms with E-state index in [0.29, 0.717) is 30.4 Å². The van der Waals surface area contributed by atoms with E-state index in [1.165, 1.54) is 0 Å².